The summed E-state index contributed by atoms with van der Waals surface area (Å²) in [5.41, 5.74) is -0.390. The van der Waals surface area contributed by atoms with Crippen molar-refractivity contribution in [2.24, 2.45) is 5.41 Å². The quantitative estimate of drug-likeness (QED) is 0.678. The second-order valence-corrected chi connectivity index (χ2v) is 5.17. The summed E-state index contributed by atoms with van der Waals surface area (Å²) in [7, 11) is 0. The highest BCUT2D eigenvalue weighted by Gasteiger charge is 2.29. The van der Waals surface area contributed by atoms with E-state index in [4.69, 9.17) is 5.11 Å². The molecule has 0 saturated carbocycles. The average molecular weight is 228 g/mol. The van der Waals surface area contributed by atoms with Crippen molar-refractivity contribution in [2.75, 3.05) is 26.2 Å². The van der Waals surface area contributed by atoms with Gasteiger partial charge in [0.25, 0.3) is 0 Å². The summed E-state index contributed by atoms with van der Waals surface area (Å²) in [4.78, 5) is 25.9. The fraction of sp³-hybridized carbons (Fsp3) is 0.818. The summed E-state index contributed by atoms with van der Waals surface area (Å²) in [5.74, 6) is 0.0970. The number of hydrogen-bond acceptors (Lipinski definition) is 2. The minimum absolute atomic E-state index is 0.0970. The molecule has 2 amide bonds. The van der Waals surface area contributed by atoms with Crippen LogP contribution in [-0.2, 0) is 4.79 Å². The normalized spacial score (nSPS) is 18.2. The van der Waals surface area contributed by atoms with Crippen LogP contribution in [0.25, 0.3) is 0 Å². The molecule has 0 spiro atoms. The molecule has 5 nitrogen and oxygen atoms in total. The van der Waals surface area contributed by atoms with Gasteiger partial charge in [-0.05, 0) is 6.42 Å². The molecule has 0 bridgehead atoms. The minimum Gasteiger partial charge on any atom is -0.465 e. The predicted octanol–water partition coefficient (Wildman–Crippen LogP) is 1.24. The Labute approximate surface area is 96.0 Å². The zero-order valence-corrected chi connectivity index (χ0v) is 10.2. The highest BCUT2D eigenvalue weighted by atomic mass is 16.4. The van der Waals surface area contributed by atoms with E-state index in [2.05, 4.69) is 0 Å². The van der Waals surface area contributed by atoms with Gasteiger partial charge in [0.15, 0.2) is 0 Å². The van der Waals surface area contributed by atoms with E-state index >= 15 is 0 Å². The Morgan fingerprint density at radius 2 is 1.50 bits per heavy atom. The molecule has 0 unspecified atom stereocenters. The smallest absolute Gasteiger partial charge is 0.407 e. The van der Waals surface area contributed by atoms with E-state index in [9.17, 15) is 9.59 Å². The van der Waals surface area contributed by atoms with Gasteiger partial charge in [0.1, 0.15) is 0 Å². The molecule has 1 heterocycles. The van der Waals surface area contributed by atoms with Gasteiger partial charge < -0.3 is 14.9 Å². The lowest BCUT2D eigenvalue weighted by Crippen LogP contribution is -2.42. The molecule has 5 heteroatoms. The lowest BCUT2D eigenvalue weighted by atomic mass is 9.94. The molecule has 1 aliphatic heterocycles. The molecule has 1 rings (SSSR count). The highest BCUT2D eigenvalue weighted by molar-refractivity contribution is 5.81. The van der Waals surface area contributed by atoms with Crippen molar-refractivity contribution < 1.29 is 14.7 Å². The van der Waals surface area contributed by atoms with E-state index in [1.165, 1.54) is 4.90 Å². The van der Waals surface area contributed by atoms with Crippen molar-refractivity contribution in [2.45, 2.75) is 27.2 Å². The number of carboxylic acid groups (broad SMARTS) is 1. The third-order valence-electron chi connectivity index (χ3n) is 2.70. The van der Waals surface area contributed by atoms with Crippen molar-refractivity contribution in [3.05, 3.63) is 0 Å². The molecule has 0 radical (unpaired) electrons. The largest absolute Gasteiger partial charge is 0.465 e. The first-order valence-electron chi connectivity index (χ1n) is 5.59. The molecule has 0 aromatic heterocycles. The third kappa shape index (κ3) is 3.12. The lowest BCUT2D eigenvalue weighted by Gasteiger charge is -2.28. The van der Waals surface area contributed by atoms with Gasteiger partial charge >= 0.3 is 6.09 Å². The SMILES string of the molecule is CC(C)(C)C(=O)N1CCCN(C(=O)O)CC1. The van der Waals surface area contributed by atoms with E-state index in [-0.39, 0.29) is 5.91 Å². The fourth-order valence-electron chi connectivity index (χ4n) is 1.79. The predicted molar refractivity (Wildman–Crippen MR) is 60.2 cm³/mol. The van der Waals surface area contributed by atoms with Crippen LogP contribution in [0, 0.1) is 5.41 Å². The Morgan fingerprint density at radius 1 is 1.00 bits per heavy atom. The van der Waals surface area contributed by atoms with Crippen LogP contribution >= 0.6 is 0 Å². The van der Waals surface area contributed by atoms with Crippen molar-refractivity contribution in [1.29, 1.82) is 0 Å². The number of amides is 2. The van der Waals surface area contributed by atoms with Gasteiger partial charge in [0.05, 0.1) is 0 Å². The number of nitrogens with zero attached hydrogens (tertiary/aromatic N) is 2. The summed E-state index contributed by atoms with van der Waals surface area (Å²) in [5, 5.41) is 8.87. The van der Waals surface area contributed by atoms with Crippen molar-refractivity contribution in [3.8, 4) is 0 Å². The Kier molecular flexibility index (Phi) is 3.78. The Bertz CT molecular complexity index is 283. The summed E-state index contributed by atoms with van der Waals surface area (Å²) in [6.07, 6.45) is -0.182. The summed E-state index contributed by atoms with van der Waals surface area (Å²) >= 11 is 0. The molecule has 1 saturated heterocycles. The van der Waals surface area contributed by atoms with E-state index in [1.54, 1.807) is 4.90 Å². The second kappa shape index (κ2) is 4.72. The van der Waals surface area contributed by atoms with Gasteiger partial charge in [0.2, 0.25) is 5.91 Å². The first kappa shape index (κ1) is 12.8. The minimum atomic E-state index is -0.898. The zero-order valence-electron chi connectivity index (χ0n) is 10.2. The maximum atomic E-state index is 12.0. The maximum absolute atomic E-state index is 12.0. The molecular weight excluding hydrogens is 208 g/mol. The van der Waals surface area contributed by atoms with Crippen LogP contribution < -0.4 is 0 Å². The van der Waals surface area contributed by atoms with Crippen LogP contribution in [0.4, 0.5) is 4.79 Å². The molecule has 0 atom stereocenters. The Hall–Kier alpha value is -1.26. The molecule has 0 aliphatic carbocycles. The van der Waals surface area contributed by atoms with Crippen molar-refractivity contribution >= 4 is 12.0 Å². The van der Waals surface area contributed by atoms with Gasteiger partial charge in [-0.3, -0.25) is 4.79 Å². The maximum Gasteiger partial charge on any atom is 0.407 e. The molecule has 92 valence electrons. The van der Waals surface area contributed by atoms with Gasteiger partial charge in [-0.2, -0.15) is 0 Å². The van der Waals surface area contributed by atoms with Crippen LogP contribution in [-0.4, -0.2) is 53.1 Å². The van der Waals surface area contributed by atoms with Gasteiger partial charge in [0, 0.05) is 31.6 Å². The molecule has 1 N–H and O–H groups in total. The second-order valence-electron chi connectivity index (χ2n) is 5.17. The Balaban J connectivity index is 2.60. The number of carbonyl (C=O) groups is 2. The first-order valence-corrected chi connectivity index (χ1v) is 5.59. The monoisotopic (exact) mass is 228 g/mol. The van der Waals surface area contributed by atoms with E-state index in [0.29, 0.717) is 32.6 Å². The molecule has 0 aromatic carbocycles. The number of rotatable bonds is 0. The third-order valence-corrected chi connectivity index (χ3v) is 2.70. The highest BCUT2D eigenvalue weighted by Crippen LogP contribution is 2.18. The fourth-order valence-corrected chi connectivity index (χ4v) is 1.79. The van der Waals surface area contributed by atoms with Gasteiger partial charge in [-0.1, -0.05) is 20.8 Å². The number of hydrogen-bond donors (Lipinski definition) is 1. The summed E-state index contributed by atoms with van der Waals surface area (Å²) in [6, 6.07) is 0. The van der Waals surface area contributed by atoms with Crippen molar-refractivity contribution in [3.63, 3.8) is 0 Å². The van der Waals surface area contributed by atoms with Crippen molar-refractivity contribution in [1.82, 2.24) is 9.80 Å². The van der Waals surface area contributed by atoms with E-state index in [0.717, 1.165) is 0 Å². The van der Waals surface area contributed by atoms with Crippen LogP contribution in [0.15, 0.2) is 0 Å². The van der Waals surface area contributed by atoms with E-state index < -0.39 is 11.5 Å². The van der Waals surface area contributed by atoms with Crippen LogP contribution in [0.3, 0.4) is 0 Å². The average Bonchev–Trinajstić information content (AvgIpc) is 2.39. The van der Waals surface area contributed by atoms with Crippen LogP contribution in [0.2, 0.25) is 0 Å². The van der Waals surface area contributed by atoms with Crippen LogP contribution in [0.5, 0.6) is 0 Å². The first-order chi connectivity index (χ1) is 7.32. The molecule has 1 aliphatic rings. The summed E-state index contributed by atoms with van der Waals surface area (Å²) in [6.45, 7) is 7.74. The van der Waals surface area contributed by atoms with Gasteiger partial charge in [-0.15, -0.1) is 0 Å². The molecular formula is C11H20N2O3. The molecule has 0 aromatic rings. The van der Waals surface area contributed by atoms with Gasteiger partial charge in [-0.25, -0.2) is 4.79 Å². The molecule has 1 fully saturated rings. The topological polar surface area (TPSA) is 60.9 Å². The zero-order chi connectivity index (χ0) is 12.3. The van der Waals surface area contributed by atoms with E-state index in [1.807, 2.05) is 20.8 Å². The standard InChI is InChI=1S/C11H20N2O3/c1-11(2,3)9(14)12-5-4-6-13(8-7-12)10(15)16/h4-8H2,1-3H3,(H,15,16). The molecule has 16 heavy (non-hydrogen) atoms. The van der Waals surface area contributed by atoms with Crippen LogP contribution in [0.1, 0.15) is 27.2 Å². The Morgan fingerprint density at radius 3 is 2.00 bits per heavy atom. The lowest BCUT2D eigenvalue weighted by molar-refractivity contribution is -0.139. The number of carbonyl (C=O) groups excluding carboxylic acids is 1. The summed E-state index contributed by atoms with van der Waals surface area (Å²) < 4.78 is 0.